The van der Waals surface area contributed by atoms with E-state index >= 15 is 0 Å². The maximum atomic E-state index is 6.03. The minimum atomic E-state index is 0.124. The Hall–Kier alpha value is -0.200. The molecule has 100 valence electrons. The summed E-state index contributed by atoms with van der Waals surface area (Å²) in [5.74, 6) is 0. The lowest BCUT2D eigenvalue weighted by molar-refractivity contribution is -0.00461. The average molecular weight is 243 g/mol. The van der Waals surface area contributed by atoms with Crippen LogP contribution in [0.2, 0.25) is 0 Å². The summed E-state index contributed by atoms with van der Waals surface area (Å²) < 4.78 is 11.0. The molecule has 17 heavy (non-hydrogen) atoms. The molecule has 2 saturated heterocycles. The van der Waals surface area contributed by atoms with Crippen molar-refractivity contribution in [2.24, 2.45) is 5.73 Å². The van der Waals surface area contributed by atoms with Gasteiger partial charge < -0.3 is 20.1 Å². The zero-order valence-electron chi connectivity index (χ0n) is 11.2. The summed E-state index contributed by atoms with van der Waals surface area (Å²) in [6.45, 7) is 4.75. The van der Waals surface area contributed by atoms with Crippen molar-refractivity contribution >= 4 is 0 Å². The van der Waals surface area contributed by atoms with Gasteiger partial charge in [-0.05, 0) is 20.0 Å². The molecule has 0 radical (unpaired) electrons. The fourth-order valence-electron chi connectivity index (χ4n) is 3.20. The van der Waals surface area contributed by atoms with Crippen LogP contribution >= 0.6 is 0 Å². The molecule has 0 spiro atoms. The van der Waals surface area contributed by atoms with Crippen molar-refractivity contribution in [1.82, 2.24) is 9.80 Å². The summed E-state index contributed by atoms with van der Waals surface area (Å²) in [4.78, 5) is 4.83. The normalized spacial score (nSPS) is 40.2. The molecule has 0 aromatic heterocycles. The molecular formula is C12H25N3O2. The number of likely N-dealkylation sites (tertiary alicyclic amines) is 2. The monoisotopic (exact) mass is 243 g/mol. The molecule has 2 rings (SSSR count). The Bertz CT molecular complexity index is 252. The average Bonchev–Trinajstić information content (AvgIpc) is 2.92. The van der Waals surface area contributed by atoms with Crippen LogP contribution in [0.1, 0.15) is 6.42 Å². The Balaban J connectivity index is 2.07. The van der Waals surface area contributed by atoms with E-state index in [0.717, 1.165) is 32.6 Å². The topological polar surface area (TPSA) is 51.0 Å². The van der Waals surface area contributed by atoms with E-state index in [0.29, 0.717) is 6.54 Å². The van der Waals surface area contributed by atoms with E-state index in [1.54, 1.807) is 14.2 Å². The first-order valence-electron chi connectivity index (χ1n) is 6.34. The number of nitrogens with zero attached hydrogens (tertiary/aromatic N) is 2. The quantitative estimate of drug-likeness (QED) is 0.712. The predicted octanol–water partition coefficient (Wildman–Crippen LogP) is -0.635. The van der Waals surface area contributed by atoms with Crippen molar-refractivity contribution in [1.29, 1.82) is 0 Å². The van der Waals surface area contributed by atoms with Crippen LogP contribution in [0.5, 0.6) is 0 Å². The van der Waals surface area contributed by atoms with Gasteiger partial charge in [-0.3, -0.25) is 4.90 Å². The van der Waals surface area contributed by atoms with Crippen LogP contribution in [0.4, 0.5) is 0 Å². The Morgan fingerprint density at radius 2 is 1.82 bits per heavy atom. The molecule has 3 unspecified atom stereocenters. The summed E-state index contributed by atoms with van der Waals surface area (Å²) in [6.07, 6.45) is 1.50. The standard InChI is InChI=1S/C12H25N3O2/c1-14-5-4-12(8-13,9-14)15-6-10(16-2)11(7-15)17-3/h10-11H,4-9,13H2,1-3H3. The Morgan fingerprint density at radius 3 is 2.18 bits per heavy atom. The van der Waals surface area contributed by atoms with Gasteiger partial charge in [0.2, 0.25) is 0 Å². The SMILES string of the molecule is COC1CN(C2(CN)CCN(C)C2)CC1OC. The van der Waals surface area contributed by atoms with E-state index in [9.17, 15) is 0 Å². The number of rotatable bonds is 4. The first-order chi connectivity index (χ1) is 8.15. The van der Waals surface area contributed by atoms with Gasteiger partial charge in [0.25, 0.3) is 0 Å². The molecule has 0 saturated carbocycles. The number of hydrogen-bond donors (Lipinski definition) is 1. The number of hydrogen-bond acceptors (Lipinski definition) is 5. The van der Waals surface area contributed by atoms with Crippen LogP contribution in [0.15, 0.2) is 0 Å². The molecule has 3 atom stereocenters. The molecule has 2 aliphatic heterocycles. The summed E-state index contributed by atoms with van der Waals surface area (Å²) in [7, 11) is 5.68. The van der Waals surface area contributed by atoms with Gasteiger partial charge in [0, 0.05) is 45.9 Å². The predicted molar refractivity (Wildman–Crippen MR) is 67.1 cm³/mol. The molecule has 0 amide bonds. The first kappa shape index (κ1) is 13.2. The number of ether oxygens (including phenoxy) is 2. The van der Waals surface area contributed by atoms with Gasteiger partial charge in [-0.2, -0.15) is 0 Å². The first-order valence-corrected chi connectivity index (χ1v) is 6.34. The second kappa shape index (κ2) is 5.20. The Kier molecular flexibility index (Phi) is 4.05. The molecule has 0 aliphatic carbocycles. The number of likely N-dealkylation sites (N-methyl/N-ethyl adjacent to an activating group) is 1. The van der Waals surface area contributed by atoms with Crippen LogP contribution in [0.25, 0.3) is 0 Å². The number of methoxy groups -OCH3 is 2. The highest BCUT2D eigenvalue weighted by molar-refractivity contribution is 5.04. The smallest absolute Gasteiger partial charge is 0.0972 e. The molecule has 2 N–H and O–H groups in total. The van der Waals surface area contributed by atoms with Crippen molar-refractivity contribution in [2.75, 3.05) is 54.0 Å². The van der Waals surface area contributed by atoms with E-state index in [2.05, 4.69) is 16.8 Å². The summed E-state index contributed by atoms with van der Waals surface area (Å²) in [6, 6.07) is 0. The third-order valence-electron chi connectivity index (χ3n) is 4.39. The van der Waals surface area contributed by atoms with Crippen molar-refractivity contribution < 1.29 is 9.47 Å². The molecule has 0 aromatic carbocycles. The van der Waals surface area contributed by atoms with Gasteiger partial charge in [-0.25, -0.2) is 0 Å². The maximum Gasteiger partial charge on any atom is 0.0972 e. The van der Waals surface area contributed by atoms with Crippen LogP contribution < -0.4 is 5.73 Å². The Labute approximate surface area is 104 Å². The van der Waals surface area contributed by atoms with E-state index < -0.39 is 0 Å². The van der Waals surface area contributed by atoms with E-state index in [4.69, 9.17) is 15.2 Å². The molecule has 2 fully saturated rings. The summed E-state index contributed by atoms with van der Waals surface area (Å²) in [5, 5.41) is 0. The largest absolute Gasteiger partial charge is 0.377 e. The van der Waals surface area contributed by atoms with E-state index in [1.807, 2.05) is 0 Å². The second-order valence-electron chi connectivity index (χ2n) is 5.37. The van der Waals surface area contributed by atoms with Crippen LogP contribution in [-0.4, -0.2) is 81.5 Å². The van der Waals surface area contributed by atoms with Crippen molar-refractivity contribution in [2.45, 2.75) is 24.2 Å². The van der Waals surface area contributed by atoms with Gasteiger partial charge in [0.1, 0.15) is 0 Å². The Morgan fingerprint density at radius 1 is 1.24 bits per heavy atom. The molecule has 5 nitrogen and oxygen atoms in total. The fraction of sp³-hybridized carbons (Fsp3) is 1.00. The highest BCUT2D eigenvalue weighted by atomic mass is 16.5. The molecule has 2 heterocycles. The van der Waals surface area contributed by atoms with Crippen molar-refractivity contribution in [3.8, 4) is 0 Å². The van der Waals surface area contributed by atoms with Gasteiger partial charge in [-0.1, -0.05) is 0 Å². The molecule has 5 heteroatoms. The lowest BCUT2D eigenvalue weighted by atomic mass is 9.97. The lowest BCUT2D eigenvalue weighted by Crippen LogP contribution is -2.55. The van der Waals surface area contributed by atoms with E-state index in [-0.39, 0.29) is 17.7 Å². The van der Waals surface area contributed by atoms with Crippen LogP contribution in [0.3, 0.4) is 0 Å². The lowest BCUT2D eigenvalue weighted by Gasteiger charge is -2.37. The van der Waals surface area contributed by atoms with Gasteiger partial charge in [0.15, 0.2) is 0 Å². The highest BCUT2D eigenvalue weighted by Crippen LogP contribution is 2.31. The van der Waals surface area contributed by atoms with Gasteiger partial charge in [-0.15, -0.1) is 0 Å². The van der Waals surface area contributed by atoms with Crippen molar-refractivity contribution in [3.05, 3.63) is 0 Å². The maximum absolute atomic E-state index is 6.03. The zero-order chi connectivity index (χ0) is 12.5. The fourth-order valence-corrected chi connectivity index (χ4v) is 3.20. The number of nitrogens with two attached hydrogens (primary N) is 1. The van der Waals surface area contributed by atoms with E-state index in [1.165, 1.54) is 0 Å². The molecule has 2 aliphatic rings. The van der Waals surface area contributed by atoms with Gasteiger partial charge in [0.05, 0.1) is 12.2 Å². The van der Waals surface area contributed by atoms with Crippen LogP contribution in [0, 0.1) is 0 Å². The third kappa shape index (κ3) is 2.35. The van der Waals surface area contributed by atoms with Crippen molar-refractivity contribution in [3.63, 3.8) is 0 Å². The minimum Gasteiger partial charge on any atom is -0.377 e. The highest BCUT2D eigenvalue weighted by Gasteiger charge is 2.46. The zero-order valence-corrected chi connectivity index (χ0v) is 11.2. The summed E-state index contributed by atoms with van der Waals surface area (Å²) in [5.41, 5.74) is 6.16. The van der Waals surface area contributed by atoms with Crippen LogP contribution in [-0.2, 0) is 9.47 Å². The molecule has 0 aromatic rings. The second-order valence-corrected chi connectivity index (χ2v) is 5.37. The minimum absolute atomic E-state index is 0.124. The summed E-state index contributed by atoms with van der Waals surface area (Å²) >= 11 is 0. The molecule has 0 bridgehead atoms. The molecular weight excluding hydrogens is 218 g/mol. The third-order valence-corrected chi connectivity index (χ3v) is 4.39. The van der Waals surface area contributed by atoms with Gasteiger partial charge >= 0.3 is 0 Å².